The lowest BCUT2D eigenvalue weighted by Gasteiger charge is -2.18. The van der Waals surface area contributed by atoms with E-state index in [1.54, 1.807) is 0 Å². The predicted molar refractivity (Wildman–Crippen MR) is 92.0 cm³/mol. The molecule has 0 heterocycles. The third-order valence-corrected chi connectivity index (χ3v) is 3.32. The molecular weight excluding hydrogens is 274 g/mol. The summed E-state index contributed by atoms with van der Waals surface area (Å²) in [7, 11) is 0. The first-order valence-electron chi connectivity index (χ1n) is 7.88. The van der Waals surface area contributed by atoms with Crippen LogP contribution in [0.3, 0.4) is 0 Å². The highest BCUT2D eigenvalue weighted by Gasteiger charge is 2.06. The van der Waals surface area contributed by atoms with Gasteiger partial charge < -0.3 is 14.8 Å². The first kappa shape index (κ1) is 16.2. The van der Waals surface area contributed by atoms with Gasteiger partial charge in [-0.3, -0.25) is 0 Å². The van der Waals surface area contributed by atoms with Crippen molar-refractivity contribution in [1.82, 2.24) is 0 Å². The van der Waals surface area contributed by atoms with E-state index < -0.39 is 0 Å². The molecule has 2 rings (SSSR count). The molecule has 0 aliphatic carbocycles. The summed E-state index contributed by atoms with van der Waals surface area (Å²) in [5.41, 5.74) is 2.21. The van der Waals surface area contributed by atoms with E-state index in [0.29, 0.717) is 0 Å². The van der Waals surface area contributed by atoms with Crippen molar-refractivity contribution in [3.63, 3.8) is 0 Å². The average Bonchev–Trinajstić information content (AvgIpc) is 2.53. The second kappa shape index (κ2) is 8.32. The fraction of sp³-hybridized carbons (Fsp3) is 0.368. The quantitative estimate of drug-likeness (QED) is 0.768. The standard InChI is InChI=1S/C19H25NO2/c1-4-12-21-18-10-7-9-17(13-18)20-14-16(3)22-19-11-6-5-8-15(19)2/h5-11,13,16,20H,4,12,14H2,1-3H3. The summed E-state index contributed by atoms with van der Waals surface area (Å²) in [6.07, 6.45) is 1.10. The lowest BCUT2D eigenvalue weighted by Crippen LogP contribution is -2.23. The van der Waals surface area contributed by atoms with Crippen LogP contribution in [0.5, 0.6) is 11.5 Å². The summed E-state index contributed by atoms with van der Waals surface area (Å²) in [5.74, 6) is 1.84. The van der Waals surface area contributed by atoms with Crippen LogP contribution < -0.4 is 14.8 Å². The molecule has 0 saturated heterocycles. The topological polar surface area (TPSA) is 30.5 Å². The summed E-state index contributed by atoms with van der Waals surface area (Å²) >= 11 is 0. The second-order valence-corrected chi connectivity index (χ2v) is 5.45. The molecule has 2 aromatic carbocycles. The second-order valence-electron chi connectivity index (χ2n) is 5.45. The Morgan fingerprint density at radius 2 is 1.91 bits per heavy atom. The maximum atomic E-state index is 5.97. The molecule has 1 unspecified atom stereocenters. The zero-order chi connectivity index (χ0) is 15.8. The van der Waals surface area contributed by atoms with Gasteiger partial charge >= 0.3 is 0 Å². The van der Waals surface area contributed by atoms with Gasteiger partial charge in [0.25, 0.3) is 0 Å². The van der Waals surface area contributed by atoms with Gasteiger partial charge in [-0.2, -0.15) is 0 Å². The van der Waals surface area contributed by atoms with Crippen molar-refractivity contribution >= 4 is 5.69 Å². The zero-order valence-electron chi connectivity index (χ0n) is 13.6. The summed E-state index contributed by atoms with van der Waals surface area (Å²) in [6, 6.07) is 16.1. The van der Waals surface area contributed by atoms with E-state index in [1.165, 1.54) is 0 Å². The number of rotatable bonds is 8. The van der Waals surface area contributed by atoms with Crippen LogP contribution in [0.4, 0.5) is 5.69 Å². The van der Waals surface area contributed by atoms with Crippen LogP contribution in [0.25, 0.3) is 0 Å². The van der Waals surface area contributed by atoms with Crippen LogP contribution in [0, 0.1) is 6.92 Å². The molecule has 0 spiro atoms. The number of ether oxygens (including phenoxy) is 2. The first-order chi connectivity index (χ1) is 10.7. The smallest absolute Gasteiger partial charge is 0.122 e. The van der Waals surface area contributed by atoms with E-state index in [-0.39, 0.29) is 6.10 Å². The third kappa shape index (κ3) is 4.99. The minimum atomic E-state index is 0.0846. The van der Waals surface area contributed by atoms with Gasteiger partial charge in [0, 0.05) is 11.8 Å². The average molecular weight is 299 g/mol. The van der Waals surface area contributed by atoms with E-state index in [2.05, 4.69) is 32.2 Å². The molecule has 0 radical (unpaired) electrons. The molecule has 1 N–H and O–H groups in total. The Labute approximate surface area is 133 Å². The Hall–Kier alpha value is -2.16. The predicted octanol–water partition coefficient (Wildman–Crippen LogP) is 4.66. The minimum Gasteiger partial charge on any atom is -0.494 e. The van der Waals surface area contributed by atoms with Crippen molar-refractivity contribution in [1.29, 1.82) is 0 Å². The monoisotopic (exact) mass is 299 g/mol. The van der Waals surface area contributed by atoms with Crippen LogP contribution in [0.2, 0.25) is 0 Å². The molecule has 22 heavy (non-hydrogen) atoms. The molecule has 0 aliphatic rings. The van der Waals surface area contributed by atoms with Gasteiger partial charge in [-0.15, -0.1) is 0 Å². The number of nitrogens with one attached hydrogen (secondary N) is 1. The number of benzene rings is 2. The Morgan fingerprint density at radius 1 is 1.09 bits per heavy atom. The fourth-order valence-corrected chi connectivity index (χ4v) is 2.12. The Balaban J connectivity index is 1.85. The highest BCUT2D eigenvalue weighted by atomic mass is 16.5. The molecule has 3 heteroatoms. The summed E-state index contributed by atoms with van der Waals surface area (Å²) in [5, 5.41) is 3.40. The fourth-order valence-electron chi connectivity index (χ4n) is 2.12. The van der Waals surface area contributed by atoms with Crippen LogP contribution in [0.1, 0.15) is 25.8 Å². The normalized spacial score (nSPS) is 11.8. The maximum absolute atomic E-state index is 5.97. The SMILES string of the molecule is CCCOc1cccc(NCC(C)Oc2ccccc2C)c1. The molecule has 0 aromatic heterocycles. The number of hydrogen-bond acceptors (Lipinski definition) is 3. The molecule has 0 aliphatic heterocycles. The van der Waals surface area contributed by atoms with Crippen LogP contribution in [-0.4, -0.2) is 19.3 Å². The van der Waals surface area contributed by atoms with Crippen molar-refractivity contribution in [3.8, 4) is 11.5 Å². The minimum absolute atomic E-state index is 0.0846. The number of hydrogen-bond donors (Lipinski definition) is 1. The Kier molecular flexibility index (Phi) is 6.13. The highest BCUT2D eigenvalue weighted by Crippen LogP contribution is 2.19. The van der Waals surface area contributed by atoms with Crippen LogP contribution in [0.15, 0.2) is 48.5 Å². The Bertz CT molecular complexity index is 583. The van der Waals surface area contributed by atoms with E-state index in [1.807, 2.05) is 42.5 Å². The van der Waals surface area contributed by atoms with E-state index in [0.717, 1.165) is 42.3 Å². The summed E-state index contributed by atoms with van der Waals surface area (Å²) in [6.45, 7) is 7.72. The molecular formula is C19H25NO2. The molecule has 118 valence electrons. The number of anilines is 1. The van der Waals surface area contributed by atoms with Crippen LogP contribution in [-0.2, 0) is 0 Å². The van der Waals surface area contributed by atoms with Gasteiger partial charge in [-0.1, -0.05) is 31.2 Å². The molecule has 0 amide bonds. The van der Waals surface area contributed by atoms with Crippen molar-refractivity contribution in [2.24, 2.45) is 0 Å². The number of para-hydroxylation sites is 1. The van der Waals surface area contributed by atoms with Crippen molar-refractivity contribution in [3.05, 3.63) is 54.1 Å². The summed E-state index contributed by atoms with van der Waals surface area (Å²) < 4.78 is 11.6. The van der Waals surface area contributed by atoms with Gasteiger partial charge in [-0.25, -0.2) is 0 Å². The van der Waals surface area contributed by atoms with E-state index in [4.69, 9.17) is 9.47 Å². The zero-order valence-corrected chi connectivity index (χ0v) is 13.6. The lowest BCUT2D eigenvalue weighted by molar-refractivity contribution is 0.233. The molecule has 0 fully saturated rings. The third-order valence-electron chi connectivity index (χ3n) is 3.32. The molecule has 1 atom stereocenters. The van der Waals surface area contributed by atoms with Gasteiger partial charge in [0.05, 0.1) is 13.2 Å². The van der Waals surface area contributed by atoms with E-state index in [9.17, 15) is 0 Å². The summed E-state index contributed by atoms with van der Waals surface area (Å²) in [4.78, 5) is 0. The maximum Gasteiger partial charge on any atom is 0.122 e. The Morgan fingerprint density at radius 3 is 2.68 bits per heavy atom. The van der Waals surface area contributed by atoms with Crippen LogP contribution >= 0.6 is 0 Å². The van der Waals surface area contributed by atoms with Gasteiger partial charge in [0.2, 0.25) is 0 Å². The van der Waals surface area contributed by atoms with Gasteiger partial charge in [-0.05, 0) is 44.0 Å². The largest absolute Gasteiger partial charge is 0.494 e. The van der Waals surface area contributed by atoms with Gasteiger partial charge in [0.1, 0.15) is 17.6 Å². The van der Waals surface area contributed by atoms with Crippen molar-refractivity contribution in [2.75, 3.05) is 18.5 Å². The van der Waals surface area contributed by atoms with Crippen molar-refractivity contribution < 1.29 is 9.47 Å². The highest BCUT2D eigenvalue weighted by molar-refractivity contribution is 5.48. The molecule has 2 aromatic rings. The molecule has 0 bridgehead atoms. The lowest BCUT2D eigenvalue weighted by atomic mass is 10.2. The molecule has 0 saturated carbocycles. The van der Waals surface area contributed by atoms with Gasteiger partial charge in [0.15, 0.2) is 0 Å². The van der Waals surface area contributed by atoms with E-state index >= 15 is 0 Å². The van der Waals surface area contributed by atoms with Crippen molar-refractivity contribution in [2.45, 2.75) is 33.3 Å². The molecule has 3 nitrogen and oxygen atoms in total. The number of aryl methyl sites for hydroxylation is 1. The first-order valence-corrected chi connectivity index (χ1v) is 7.88.